The number of carbonyl (C=O) groups is 1. The van der Waals surface area contributed by atoms with Gasteiger partial charge in [0.05, 0.1) is 11.8 Å². The van der Waals surface area contributed by atoms with Crippen molar-refractivity contribution in [2.24, 2.45) is 18.7 Å². The van der Waals surface area contributed by atoms with Gasteiger partial charge in [0.2, 0.25) is 5.89 Å². The summed E-state index contributed by atoms with van der Waals surface area (Å²) in [6.07, 6.45) is 9.42. The number of hydrogen-bond acceptors (Lipinski definition) is 5. The monoisotopic (exact) mass is 331 g/mol. The first-order valence-electron chi connectivity index (χ1n) is 8.56. The molecule has 7 heteroatoms. The molecular formula is C17H25N5O2. The Balaban J connectivity index is 1.73. The predicted molar refractivity (Wildman–Crippen MR) is 90.3 cm³/mol. The Hall–Kier alpha value is -2.15. The van der Waals surface area contributed by atoms with E-state index in [0.29, 0.717) is 29.8 Å². The van der Waals surface area contributed by atoms with E-state index in [1.54, 1.807) is 24.0 Å². The van der Waals surface area contributed by atoms with Crippen molar-refractivity contribution >= 4 is 5.91 Å². The van der Waals surface area contributed by atoms with Gasteiger partial charge in [-0.3, -0.25) is 9.48 Å². The number of carbonyl (C=O) groups excluding carboxylic acids is 1. The van der Waals surface area contributed by atoms with Crippen LogP contribution in [0.1, 0.15) is 48.4 Å². The zero-order valence-corrected chi connectivity index (χ0v) is 14.3. The second-order valence-electron chi connectivity index (χ2n) is 6.54. The van der Waals surface area contributed by atoms with Gasteiger partial charge in [0.1, 0.15) is 5.76 Å². The van der Waals surface area contributed by atoms with Gasteiger partial charge in [-0.15, -0.1) is 0 Å². The molecule has 130 valence electrons. The summed E-state index contributed by atoms with van der Waals surface area (Å²) in [7, 11) is 1.82. The standard InChI is InChI=1S/C17H25N5O2/c1-11-15(21-17(24-11)13-9-19-22(2)10-13)16(23)20-14(8-18)12-6-4-3-5-7-12/h9-10,12,14H,3-8,18H2,1-2H3,(H,20,23). The highest BCUT2D eigenvalue weighted by Gasteiger charge is 2.26. The molecule has 3 N–H and O–H groups in total. The summed E-state index contributed by atoms with van der Waals surface area (Å²) in [5.74, 6) is 1.16. The third kappa shape index (κ3) is 3.51. The summed E-state index contributed by atoms with van der Waals surface area (Å²) in [5, 5.41) is 7.16. The maximum absolute atomic E-state index is 12.6. The first-order chi connectivity index (χ1) is 11.6. The van der Waals surface area contributed by atoms with Crippen LogP contribution in [0, 0.1) is 12.8 Å². The minimum atomic E-state index is -0.215. The number of nitrogens with two attached hydrogens (primary N) is 1. The zero-order valence-electron chi connectivity index (χ0n) is 14.3. The van der Waals surface area contributed by atoms with Gasteiger partial charge in [-0.2, -0.15) is 5.10 Å². The molecule has 0 bridgehead atoms. The van der Waals surface area contributed by atoms with Crippen molar-refractivity contribution in [1.82, 2.24) is 20.1 Å². The first kappa shape index (κ1) is 16.7. The lowest BCUT2D eigenvalue weighted by molar-refractivity contribution is 0.0909. The Kier molecular flexibility index (Phi) is 4.99. The molecule has 0 aliphatic heterocycles. The van der Waals surface area contributed by atoms with E-state index in [1.165, 1.54) is 19.3 Å². The molecule has 0 radical (unpaired) electrons. The topological polar surface area (TPSA) is 99.0 Å². The number of rotatable bonds is 5. The van der Waals surface area contributed by atoms with Gasteiger partial charge in [-0.25, -0.2) is 4.98 Å². The molecule has 1 aliphatic rings. The average Bonchev–Trinajstić information content (AvgIpc) is 3.19. The molecule has 7 nitrogen and oxygen atoms in total. The van der Waals surface area contributed by atoms with E-state index in [2.05, 4.69) is 15.4 Å². The molecule has 2 aromatic rings. The summed E-state index contributed by atoms with van der Waals surface area (Å²) < 4.78 is 7.31. The van der Waals surface area contributed by atoms with E-state index in [9.17, 15) is 4.79 Å². The quantitative estimate of drug-likeness (QED) is 0.873. The summed E-state index contributed by atoms with van der Waals surface area (Å²) in [6, 6.07) is -0.00394. The second-order valence-corrected chi connectivity index (χ2v) is 6.54. The van der Waals surface area contributed by atoms with Crippen LogP contribution in [-0.2, 0) is 7.05 Å². The first-order valence-corrected chi connectivity index (χ1v) is 8.56. The Labute approximate surface area is 141 Å². The largest absolute Gasteiger partial charge is 0.440 e. The van der Waals surface area contributed by atoms with Crippen molar-refractivity contribution in [3.8, 4) is 11.5 Å². The second kappa shape index (κ2) is 7.17. The maximum Gasteiger partial charge on any atom is 0.273 e. The molecule has 1 unspecified atom stereocenters. The molecule has 1 saturated carbocycles. The molecule has 24 heavy (non-hydrogen) atoms. The smallest absolute Gasteiger partial charge is 0.273 e. The molecular weight excluding hydrogens is 306 g/mol. The van der Waals surface area contributed by atoms with Gasteiger partial charge in [-0.1, -0.05) is 19.3 Å². The third-order valence-electron chi connectivity index (χ3n) is 4.75. The van der Waals surface area contributed by atoms with Crippen LogP contribution in [-0.4, -0.2) is 33.3 Å². The zero-order chi connectivity index (χ0) is 17.1. The van der Waals surface area contributed by atoms with Crippen molar-refractivity contribution in [1.29, 1.82) is 0 Å². The number of oxazole rings is 1. The molecule has 2 aromatic heterocycles. The number of aryl methyl sites for hydroxylation is 2. The van der Waals surface area contributed by atoms with Crippen LogP contribution in [0.25, 0.3) is 11.5 Å². The highest BCUT2D eigenvalue weighted by atomic mass is 16.4. The lowest BCUT2D eigenvalue weighted by atomic mass is 9.84. The molecule has 1 aliphatic carbocycles. The van der Waals surface area contributed by atoms with E-state index < -0.39 is 0 Å². The van der Waals surface area contributed by atoms with E-state index in [-0.39, 0.29) is 11.9 Å². The molecule has 0 aromatic carbocycles. The van der Waals surface area contributed by atoms with Gasteiger partial charge in [0, 0.05) is 25.8 Å². The summed E-state index contributed by atoms with van der Waals surface area (Å²) in [5.41, 5.74) is 6.97. The van der Waals surface area contributed by atoms with E-state index in [4.69, 9.17) is 10.2 Å². The van der Waals surface area contributed by atoms with Gasteiger partial charge in [0.25, 0.3) is 5.91 Å². The summed E-state index contributed by atoms with van der Waals surface area (Å²) in [4.78, 5) is 17.0. The lowest BCUT2D eigenvalue weighted by Gasteiger charge is -2.29. The van der Waals surface area contributed by atoms with Crippen LogP contribution >= 0.6 is 0 Å². The van der Waals surface area contributed by atoms with Crippen LogP contribution in [0.15, 0.2) is 16.8 Å². The fourth-order valence-corrected chi connectivity index (χ4v) is 3.40. The van der Waals surface area contributed by atoms with Crippen LogP contribution in [0.4, 0.5) is 0 Å². The maximum atomic E-state index is 12.6. The van der Waals surface area contributed by atoms with Gasteiger partial charge >= 0.3 is 0 Å². The van der Waals surface area contributed by atoms with Gasteiger partial charge < -0.3 is 15.5 Å². The fraction of sp³-hybridized carbons (Fsp3) is 0.588. The van der Waals surface area contributed by atoms with Crippen molar-refractivity contribution < 1.29 is 9.21 Å². The summed E-state index contributed by atoms with van der Waals surface area (Å²) in [6.45, 7) is 2.20. The van der Waals surface area contributed by atoms with Crippen molar-refractivity contribution in [3.63, 3.8) is 0 Å². The molecule has 0 saturated heterocycles. The number of amides is 1. The summed E-state index contributed by atoms with van der Waals surface area (Å²) >= 11 is 0. The van der Waals surface area contributed by atoms with Crippen LogP contribution in [0.2, 0.25) is 0 Å². The van der Waals surface area contributed by atoms with Gasteiger partial charge in [-0.05, 0) is 25.7 Å². The Bertz CT molecular complexity index is 700. The number of aromatic nitrogens is 3. The number of hydrogen-bond donors (Lipinski definition) is 2. The minimum Gasteiger partial charge on any atom is -0.440 e. The highest BCUT2D eigenvalue weighted by Crippen LogP contribution is 2.27. The number of nitrogens with one attached hydrogen (secondary N) is 1. The van der Waals surface area contributed by atoms with E-state index in [0.717, 1.165) is 18.4 Å². The minimum absolute atomic E-state index is 0.00394. The van der Waals surface area contributed by atoms with Crippen molar-refractivity contribution in [2.75, 3.05) is 6.54 Å². The van der Waals surface area contributed by atoms with Crippen molar-refractivity contribution in [3.05, 3.63) is 23.8 Å². The predicted octanol–water partition coefficient (Wildman–Crippen LogP) is 2.02. The Morgan fingerprint density at radius 2 is 2.21 bits per heavy atom. The molecule has 2 heterocycles. The molecule has 3 rings (SSSR count). The Morgan fingerprint density at radius 3 is 2.83 bits per heavy atom. The molecule has 1 fully saturated rings. The molecule has 0 spiro atoms. The molecule has 1 amide bonds. The van der Waals surface area contributed by atoms with E-state index >= 15 is 0 Å². The van der Waals surface area contributed by atoms with Crippen LogP contribution in [0.5, 0.6) is 0 Å². The fourth-order valence-electron chi connectivity index (χ4n) is 3.40. The highest BCUT2D eigenvalue weighted by molar-refractivity contribution is 5.93. The lowest BCUT2D eigenvalue weighted by Crippen LogP contribution is -2.46. The molecule has 1 atom stereocenters. The normalized spacial score (nSPS) is 17.0. The van der Waals surface area contributed by atoms with E-state index in [1.807, 2.05) is 7.05 Å². The SMILES string of the molecule is Cc1oc(-c2cnn(C)c2)nc1C(=O)NC(CN)C1CCCCC1. The average molecular weight is 331 g/mol. The van der Waals surface area contributed by atoms with Crippen LogP contribution < -0.4 is 11.1 Å². The Morgan fingerprint density at radius 1 is 1.46 bits per heavy atom. The van der Waals surface area contributed by atoms with Crippen molar-refractivity contribution in [2.45, 2.75) is 45.1 Å². The van der Waals surface area contributed by atoms with Crippen LogP contribution in [0.3, 0.4) is 0 Å². The number of nitrogens with zero attached hydrogens (tertiary/aromatic N) is 3. The third-order valence-corrected chi connectivity index (χ3v) is 4.75. The van der Waals surface area contributed by atoms with Gasteiger partial charge in [0.15, 0.2) is 5.69 Å².